The lowest BCUT2D eigenvalue weighted by Gasteiger charge is -2.36. The van der Waals surface area contributed by atoms with Crippen molar-refractivity contribution in [2.75, 3.05) is 0 Å². The van der Waals surface area contributed by atoms with Crippen LogP contribution in [0.3, 0.4) is 0 Å². The normalized spacial score (nSPS) is 17.1. The number of hydrogen-bond donors (Lipinski definition) is 1. The standard InChI is InChI=1S/C12H24FNO/c1-8(13)9(14-12(5,6)7)10(15)11(2,3)4/h8,14-15H,1-7H3/p-1/b10-9-. The summed E-state index contributed by atoms with van der Waals surface area (Å²) < 4.78 is 13.4. The Kier molecular flexibility index (Phi) is 4.20. The molecule has 0 aliphatic rings. The van der Waals surface area contributed by atoms with E-state index in [9.17, 15) is 9.50 Å². The van der Waals surface area contributed by atoms with Gasteiger partial charge in [0.2, 0.25) is 0 Å². The Labute approximate surface area is 92.6 Å². The van der Waals surface area contributed by atoms with Crippen molar-refractivity contribution in [1.82, 2.24) is 5.32 Å². The van der Waals surface area contributed by atoms with Gasteiger partial charge in [0.1, 0.15) is 6.17 Å². The Morgan fingerprint density at radius 2 is 1.53 bits per heavy atom. The first-order valence-electron chi connectivity index (χ1n) is 5.29. The molecule has 90 valence electrons. The van der Waals surface area contributed by atoms with Crippen molar-refractivity contribution in [2.45, 2.75) is 60.2 Å². The maximum atomic E-state index is 13.4. The largest absolute Gasteiger partial charge is 0.874 e. The van der Waals surface area contributed by atoms with E-state index >= 15 is 0 Å². The lowest BCUT2D eigenvalue weighted by atomic mass is 9.91. The Morgan fingerprint density at radius 3 is 1.73 bits per heavy atom. The zero-order chi connectivity index (χ0) is 12.4. The third-order valence-electron chi connectivity index (χ3n) is 1.83. The quantitative estimate of drug-likeness (QED) is 0.719. The first-order valence-corrected chi connectivity index (χ1v) is 5.29. The SMILES string of the molecule is CC(F)/C(NC(C)(C)C)=C(/[O-])C(C)(C)C. The van der Waals surface area contributed by atoms with Crippen LogP contribution in [0.5, 0.6) is 0 Å². The van der Waals surface area contributed by atoms with Gasteiger partial charge in [-0.05, 0) is 33.1 Å². The van der Waals surface area contributed by atoms with E-state index in [1.807, 2.05) is 20.8 Å². The first kappa shape index (κ1) is 14.3. The lowest BCUT2D eigenvalue weighted by molar-refractivity contribution is -0.325. The van der Waals surface area contributed by atoms with Gasteiger partial charge >= 0.3 is 0 Å². The van der Waals surface area contributed by atoms with Gasteiger partial charge in [0, 0.05) is 11.2 Å². The third kappa shape index (κ3) is 5.05. The minimum atomic E-state index is -1.25. The van der Waals surface area contributed by atoms with Crippen LogP contribution >= 0.6 is 0 Å². The maximum absolute atomic E-state index is 13.4. The fourth-order valence-corrected chi connectivity index (χ4v) is 1.14. The maximum Gasteiger partial charge on any atom is 0.136 e. The Balaban J connectivity index is 5.14. The van der Waals surface area contributed by atoms with Crippen LogP contribution < -0.4 is 10.4 Å². The number of rotatable bonds is 2. The van der Waals surface area contributed by atoms with E-state index in [4.69, 9.17) is 0 Å². The molecule has 1 unspecified atom stereocenters. The second-order valence-corrected chi connectivity index (χ2v) is 5.98. The topological polar surface area (TPSA) is 35.1 Å². The average molecular weight is 216 g/mol. The summed E-state index contributed by atoms with van der Waals surface area (Å²) in [7, 11) is 0. The van der Waals surface area contributed by atoms with Gasteiger partial charge in [-0.25, -0.2) is 4.39 Å². The molecule has 0 aliphatic carbocycles. The molecule has 0 aromatic rings. The number of alkyl halides is 1. The average Bonchev–Trinajstić information content (AvgIpc) is 1.94. The number of nitrogens with one attached hydrogen (secondary N) is 1. The van der Waals surface area contributed by atoms with E-state index in [0.29, 0.717) is 0 Å². The van der Waals surface area contributed by atoms with E-state index in [2.05, 4.69) is 5.32 Å². The van der Waals surface area contributed by atoms with Crippen LogP contribution in [-0.4, -0.2) is 11.7 Å². The number of allylic oxidation sites excluding steroid dienone is 2. The highest BCUT2D eigenvalue weighted by Crippen LogP contribution is 2.25. The zero-order valence-electron chi connectivity index (χ0n) is 10.9. The van der Waals surface area contributed by atoms with Crippen molar-refractivity contribution in [2.24, 2.45) is 5.41 Å². The van der Waals surface area contributed by atoms with Crippen molar-refractivity contribution in [3.63, 3.8) is 0 Å². The Morgan fingerprint density at radius 1 is 1.13 bits per heavy atom. The zero-order valence-corrected chi connectivity index (χ0v) is 10.9. The minimum absolute atomic E-state index is 0.160. The van der Waals surface area contributed by atoms with Crippen LogP contribution in [0.15, 0.2) is 11.5 Å². The van der Waals surface area contributed by atoms with Crippen molar-refractivity contribution >= 4 is 0 Å². The Bertz CT molecular complexity index is 243. The van der Waals surface area contributed by atoms with Crippen LogP contribution in [-0.2, 0) is 0 Å². The summed E-state index contributed by atoms with van der Waals surface area (Å²) in [5, 5.41) is 14.9. The van der Waals surface area contributed by atoms with Crippen LogP contribution in [0.25, 0.3) is 0 Å². The molecule has 0 aromatic carbocycles. The van der Waals surface area contributed by atoms with Crippen LogP contribution in [0.1, 0.15) is 48.5 Å². The highest BCUT2D eigenvalue weighted by atomic mass is 19.1. The molecular weight excluding hydrogens is 193 g/mol. The summed E-state index contributed by atoms with van der Waals surface area (Å²) in [6.07, 6.45) is -1.25. The van der Waals surface area contributed by atoms with Gasteiger partial charge in [0.05, 0.1) is 0 Å². The smallest absolute Gasteiger partial charge is 0.136 e. The van der Waals surface area contributed by atoms with Crippen molar-refractivity contribution in [3.8, 4) is 0 Å². The molecule has 0 bridgehead atoms. The molecule has 0 saturated carbocycles. The van der Waals surface area contributed by atoms with E-state index in [1.54, 1.807) is 20.8 Å². The fraction of sp³-hybridized carbons (Fsp3) is 0.833. The Hall–Kier alpha value is -0.730. The van der Waals surface area contributed by atoms with Gasteiger partial charge in [0.25, 0.3) is 0 Å². The minimum Gasteiger partial charge on any atom is -0.874 e. The van der Waals surface area contributed by atoms with Gasteiger partial charge in [-0.3, -0.25) is 0 Å². The van der Waals surface area contributed by atoms with Gasteiger partial charge < -0.3 is 10.4 Å². The van der Waals surface area contributed by atoms with E-state index in [-0.39, 0.29) is 17.0 Å². The van der Waals surface area contributed by atoms with E-state index in [1.165, 1.54) is 6.92 Å². The van der Waals surface area contributed by atoms with Crippen LogP contribution in [0.2, 0.25) is 0 Å². The summed E-state index contributed by atoms with van der Waals surface area (Å²) in [6, 6.07) is 0. The molecule has 0 radical (unpaired) electrons. The molecule has 0 heterocycles. The molecule has 1 atom stereocenters. The molecule has 0 spiro atoms. The first-order chi connectivity index (χ1) is 6.45. The summed E-state index contributed by atoms with van der Waals surface area (Å²) in [5.41, 5.74) is -0.667. The van der Waals surface area contributed by atoms with Crippen molar-refractivity contribution in [3.05, 3.63) is 11.5 Å². The second kappa shape index (κ2) is 4.42. The van der Waals surface area contributed by atoms with Crippen LogP contribution in [0, 0.1) is 5.41 Å². The molecule has 0 saturated heterocycles. The van der Waals surface area contributed by atoms with Crippen LogP contribution in [0.4, 0.5) is 4.39 Å². The summed E-state index contributed by atoms with van der Waals surface area (Å²) >= 11 is 0. The number of hydrogen-bond acceptors (Lipinski definition) is 2. The molecule has 1 N–H and O–H groups in total. The fourth-order valence-electron chi connectivity index (χ4n) is 1.14. The molecule has 0 fully saturated rings. The van der Waals surface area contributed by atoms with E-state index in [0.717, 1.165) is 0 Å². The van der Waals surface area contributed by atoms with Crippen molar-refractivity contribution in [1.29, 1.82) is 0 Å². The molecule has 2 nitrogen and oxygen atoms in total. The highest BCUT2D eigenvalue weighted by Gasteiger charge is 2.20. The number of halogens is 1. The second-order valence-electron chi connectivity index (χ2n) is 5.98. The molecule has 0 amide bonds. The monoisotopic (exact) mass is 216 g/mol. The predicted molar refractivity (Wildman–Crippen MR) is 59.9 cm³/mol. The molecule has 0 aliphatic heterocycles. The predicted octanol–water partition coefficient (Wildman–Crippen LogP) is 2.35. The third-order valence-corrected chi connectivity index (χ3v) is 1.83. The summed E-state index contributed by atoms with van der Waals surface area (Å²) in [4.78, 5) is 0. The molecule has 3 heteroatoms. The van der Waals surface area contributed by atoms with Gasteiger partial charge in [0.15, 0.2) is 0 Å². The molecule has 0 aromatic heterocycles. The lowest BCUT2D eigenvalue weighted by Crippen LogP contribution is -2.41. The van der Waals surface area contributed by atoms with E-state index < -0.39 is 11.6 Å². The summed E-state index contributed by atoms with van der Waals surface area (Å²) in [5.74, 6) is -0.160. The van der Waals surface area contributed by atoms with Gasteiger partial charge in [-0.1, -0.05) is 20.8 Å². The van der Waals surface area contributed by atoms with Gasteiger partial charge in [-0.2, -0.15) is 0 Å². The molecule has 15 heavy (non-hydrogen) atoms. The van der Waals surface area contributed by atoms with Gasteiger partial charge in [-0.15, -0.1) is 5.76 Å². The van der Waals surface area contributed by atoms with Crippen molar-refractivity contribution < 1.29 is 9.50 Å². The summed E-state index contributed by atoms with van der Waals surface area (Å²) in [6.45, 7) is 12.5. The molecule has 0 rings (SSSR count). The highest BCUT2D eigenvalue weighted by molar-refractivity contribution is 5.15. The molecular formula is C12H23FNO-.